The van der Waals surface area contributed by atoms with Crippen LogP contribution in [0.25, 0.3) is 11.1 Å². The van der Waals surface area contributed by atoms with E-state index in [1.54, 1.807) is 19.1 Å². The first-order valence-corrected chi connectivity index (χ1v) is 8.22. The summed E-state index contributed by atoms with van der Waals surface area (Å²) in [6.45, 7) is 2.81. The van der Waals surface area contributed by atoms with Crippen molar-refractivity contribution >= 4 is 11.9 Å². The normalized spacial score (nSPS) is 14.1. The highest BCUT2D eigenvalue weighted by atomic mass is 16.5. The molecule has 0 aliphatic heterocycles. The molecule has 2 atom stereocenters. The monoisotopic (exact) mass is 357 g/mol. The second-order valence-corrected chi connectivity index (χ2v) is 6.21. The van der Waals surface area contributed by atoms with Crippen LogP contribution in [0.1, 0.15) is 13.8 Å². The van der Waals surface area contributed by atoms with Crippen molar-refractivity contribution in [2.45, 2.75) is 25.5 Å². The minimum Gasteiger partial charge on any atom is -0.481 e. The van der Waals surface area contributed by atoms with E-state index in [0.717, 1.165) is 11.1 Å². The molecular formula is C20H23NO5. The van der Waals surface area contributed by atoms with Gasteiger partial charge in [-0.1, -0.05) is 42.5 Å². The summed E-state index contributed by atoms with van der Waals surface area (Å²) >= 11 is 0. The van der Waals surface area contributed by atoms with Crippen LogP contribution in [0.3, 0.4) is 0 Å². The Morgan fingerprint density at radius 3 is 2.19 bits per heavy atom. The number of rotatable bonds is 8. The van der Waals surface area contributed by atoms with Gasteiger partial charge >= 0.3 is 5.97 Å². The first kappa shape index (κ1) is 19.5. The van der Waals surface area contributed by atoms with Crippen molar-refractivity contribution in [1.82, 2.24) is 5.32 Å². The summed E-state index contributed by atoms with van der Waals surface area (Å²) in [7, 11) is 1.38. The molecule has 2 aromatic carbocycles. The Morgan fingerprint density at radius 1 is 1.08 bits per heavy atom. The van der Waals surface area contributed by atoms with E-state index in [9.17, 15) is 14.7 Å². The number of aliphatic carboxylic acids is 1. The molecule has 2 aromatic rings. The lowest BCUT2D eigenvalue weighted by molar-refractivity contribution is -0.150. The van der Waals surface area contributed by atoms with E-state index >= 15 is 0 Å². The summed E-state index contributed by atoms with van der Waals surface area (Å²) in [6, 6.07) is 17.3. The van der Waals surface area contributed by atoms with Crippen molar-refractivity contribution in [3.05, 3.63) is 54.6 Å². The molecular weight excluding hydrogens is 334 g/mol. The van der Waals surface area contributed by atoms with Gasteiger partial charge < -0.3 is 19.9 Å². The fraction of sp³-hybridized carbons (Fsp3) is 0.300. The Bertz CT molecular complexity index is 745. The standard InChI is InChI=1S/C20H23NO5/c1-14(18(22)21-20(2,13-25-3)19(23)24)26-17-11-9-16(10-12-17)15-7-5-4-6-8-15/h4-12,14H,13H2,1-3H3,(H,21,22)(H,23,24). The van der Waals surface area contributed by atoms with Gasteiger partial charge in [0.25, 0.3) is 5.91 Å². The zero-order chi connectivity index (χ0) is 19.2. The number of nitrogens with one attached hydrogen (secondary N) is 1. The molecule has 2 rings (SSSR count). The average Bonchev–Trinajstić information content (AvgIpc) is 2.63. The third-order valence-electron chi connectivity index (χ3n) is 3.95. The Kier molecular flexibility index (Phi) is 6.36. The first-order chi connectivity index (χ1) is 12.4. The second-order valence-electron chi connectivity index (χ2n) is 6.21. The highest BCUT2D eigenvalue weighted by Crippen LogP contribution is 2.22. The molecule has 26 heavy (non-hydrogen) atoms. The molecule has 0 bridgehead atoms. The quantitative estimate of drug-likeness (QED) is 0.759. The third kappa shape index (κ3) is 4.83. The molecule has 0 spiro atoms. The molecule has 1 amide bonds. The lowest BCUT2D eigenvalue weighted by Crippen LogP contribution is -2.57. The van der Waals surface area contributed by atoms with E-state index in [1.165, 1.54) is 14.0 Å². The van der Waals surface area contributed by atoms with Crippen LogP contribution in [0.15, 0.2) is 54.6 Å². The average molecular weight is 357 g/mol. The van der Waals surface area contributed by atoms with Gasteiger partial charge in [0.2, 0.25) is 0 Å². The number of methoxy groups -OCH3 is 1. The van der Waals surface area contributed by atoms with Crippen LogP contribution in [0, 0.1) is 0 Å². The Balaban J connectivity index is 2.01. The topological polar surface area (TPSA) is 84.9 Å². The molecule has 0 saturated heterocycles. The maximum absolute atomic E-state index is 12.3. The number of benzene rings is 2. The van der Waals surface area contributed by atoms with Crippen LogP contribution in [-0.4, -0.2) is 42.3 Å². The Morgan fingerprint density at radius 2 is 1.65 bits per heavy atom. The molecule has 2 unspecified atom stereocenters. The maximum Gasteiger partial charge on any atom is 0.331 e. The fourth-order valence-corrected chi connectivity index (χ4v) is 2.43. The van der Waals surface area contributed by atoms with Gasteiger partial charge in [-0.25, -0.2) is 4.79 Å². The predicted octanol–water partition coefficient (Wildman–Crippen LogP) is 2.73. The van der Waals surface area contributed by atoms with Crippen LogP contribution in [0.2, 0.25) is 0 Å². The molecule has 2 N–H and O–H groups in total. The number of amides is 1. The first-order valence-electron chi connectivity index (χ1n) is 8.22. The zero-order valence-corrected chi connectivity index (χ0v) is 15.1. The van der Waals surface area contributed by atoms with Gasteiger partial charge in [0.05, 0.1) is 6.61 Å². The molecule has 0 heterocycles. The van der Waals surface area contributed by atoms with Gasteiger partial charge in [0, 0.05) is 7.11 Å². The van der Waals surface area contributed by atoms with Crippen LogP contribution < -0.4 is 10.1 Å². The second kappa shape index (κ2) is 8.49. The molecule has 0 fully saturated rings. The van der Waals surface area contributed by atoms with Crippen molar-refractivity contribution in [3.63, 3.8) is 0 Å². The largest absolute Gasteiger partial charge is 0.481 e. The summed E-state index contributed by atoms with van der Waals surface area (Å²) in [5.74, 6) is -1.18. The van der Waals surface area contributed by atoms with Gasteiger partial charge in [-0.05, 0) is 37.1 Å². The number of carbonyl (C=O) groups excluding carboxylic acids is 1. The molecule has 0 aliphatic rings. The van der Waals surface area contributed by atoms with Crippen LogP contribution in [0.5, 0.6) is 5.75 Å². The van der Waals surface area contributed by atoms with E-state index in [1.807, 2.05) is 42.5 Å². The molecule has 6 heteroatoms. The number of hydrogen-bond donors (Lipinski definition) is 2. The van der Waals surface area contributed by atoms with E-state index in [-0.39, 0.29) is 6.61 Å². The van der Waals surface area contributed by atoms with Gasteiger partial charge in [0.1, 0.15) is 5.75 Å². The minimum atomic E-state index is -1.51. The summed E-state index contributed by atoms with van der Waals surface area (Å²) < 4.78 is 10.5. The summed E-state index contributed by atoms with van der Waals surface area (Å²) in [6.07, 6.45) is -0.854. The van der Waals surface area contributed by atoms with Crippen molar-refractivity contribution in [2.24, 2.45) is 0 Å². The Labute approximate surface area is 152 Å². The highest BCUT2D eigenvalue weighted by Gasteiger charge is 2.36. The van der Waals surface area contributed by atoms with Crippen molar-refractivity contribution in [1.29, 1.82) is 0 Å². The molecule has 0 aliphatic carbocycles. The van der Waals surface area contributed by atoms with E-state index in [0.29, 0.717) is 5.75 Å². The lowest BCUT2D eigenvalue weighted by atomic mass is 10.0. The molecule has 0 radical (unpaired) electrons. The predicted molar refractivity (Wildman–Crippen MR) is 98.0 cm³/mol. The maximum atomic E-state index is 12.3. The molecule has 6 nitrogen and oxygen atoms in total. The molecule has 0 aromatic heterocycles. The smallest absolute Gasteiger partial charge is 0.331 e. The van der Waals surface area contributed by atoms with Crippen molar-refractivity contribution in [3.8, 4) is 16.9 Å². The lowest BCUT2D eigenvalue weighted by Gasteiger charge is -2.27. The van der Waals surface area contributed by atoms with Crippen molar-refractivity contribution < 1.29 is 24.2 Å². The van der Waals surface area contributed by atoms with E-state index < -0.39 is 23.5 Å². The van der Waals surface area contributed by atoms with Gasteiger partial charge in [-0.15, -0.1) is 0 Å². The highest BCUT2D eigenvalue weighted by molar-refractivity contribution is 5.89. The van der Waals surface area contributed by atoms with Crippen molar-refractivity contribution in [2.75, 3.05) is 13.7 Å². The number of carboxylic acid groups (broad SMARTS) is 1. The number of hydrogen-bond acceptors (Lipinski definition) is 4. The number of carboxylic acids is 1. The minimum absolute atomic E-state index is 0.146. The van der Waals surface area contributed by atoms with Crippen LogP contribution in [0.4, 0.5) is 0 Å². The van der Waals surface area contributed by atoms with Crippen LogP contribution in [-0.2, 0) is 14.3 Å². The molecule has 138 valence electrons. The SMILES string of the molecule is COCC(C)(NC(=O)C(C)Oc1ccc(-c2ccccc2)cc1)C(=O)O. The molecule has 0 saturated carbocycles. The summed E-state index contributed by atoms with van der Waals surface area (Å²) in [5, 5.41) is 11.7. The van der Waals surface area contributed by atoms with Crippen LogP contribution >= 0.6 is 0 Å². The summed E-state index contributed by atoms with van der Waals surface area (Å²) in [5.41, 5.74) is 0.607. The number of carbonyl (C=O) groups is 2. The Hall–Kier alpha value is -2.86. The summed E-state index contributed by atoms with van der Waals surface area (Å²) in [4.78, 5) is 23.6. The fourth-order valence-electron chi connectivity index (χ4n) is 2.43. The zero-order valence-electron chi connectivity index (χ0n) is 15.1. The number of ether oxygens (including phenoxy) is 2. The van der Waals surface area contributed by atoms with Gasteiger partial charge in [-0.3, -0.25) is 4.79 Å². The van der Waals surface area contributed by atoms with Gasteiger partial charge in [0.15, 0.2) is 11.6 Å². The third-order valence-corrected chi connectivity index (χ3v) is 3.95. The van der Waals surface area contributed by atoms with Gasteiger partial charge in [-0.2, -0.15) is 0 Å². The van der Waals surface area contributed by atoms with E-state index in [2.05, 4.69) is 5.32 Å². The van der Waals surface area contributed by atoms with E-state index in [4.69, 9.17) is 9.47 Å².